The second-order valence-corrected chi connectivity index (χ2v) is 3.64. The van der Waals surface area contributed by atoms with Crippen LogP contribution in [0.4, 0.5) is 5.13 Å². The smallest absolute Gasteiger partial charge is 0.333 e. The van der Waals surface area contributed by atoms with E-state index in [0.717, 1.165) is 0 Å². The number of esters is 1. The number of nitrogens with zero attached hydrogens (tertiary/aromatic N) is 1. The minimum Gasteiger partial charge on any atom is -0.452 e. The molecule has 0 bridgehead atoms. The molecular formula is C9H10N2O3S. The Morgan fingerprint density at radius 2 is 2.40 bits per heavy atom. The molecule has 0 saturated carbocycles. The zero-order valence-corrected chi connectivity index (χ0v) is 8.97. The number of carbonyl (C=O) groups excluding carboxylic acids is 2. The fourth-order valence-corrected chi connectivity index (χ4v) is 1.24. The summed E-state index contributed by atoms with van der Waals surface area (Å²) < 4.78 is 4.64. The summed E-state index contributed by atoms with van der Waals surface area (Å²) in [4.78, 5) is 26.0. The Labute approximate surface area is 90.8 Å². The summed E-state index contributed by atoms with van der Waals surface area (Å²) in [5.74, 6) is -0.996. The van der Waals surface area contributed by atoms with Crippen LogP contribution in [0.15, 0.2) is 23.7 Å². The molecule has 1 amide bonds. The Morgan fingerprint density at radius 3 is 2.93 bits per heavy atom. The summed E-state index contributed by atoms with van der Waals surface area (Å²) in [5.41, 5.74) is 0.261. The van der Waals surface area contributed by atoms with Crippen LogP contribution in [-0.2, 0) is 14.3 Å². The lowest BCUT2D eigenvalue weighted by Gasteiger charge is -2.03. The molecule has 1 aromatic rings. The second-order valence-electron chi connectivity index (χ2n) is 2.74. The van der Waals surface area contributed by atoms with E-state index in [9.17, 15) is 9.59 Å². The van der Waals surface area contributed by atoms with E-state index in [2.05, 4.69) is 21.6 Å². The molecule has 0 radical (unpaired) electrons. The van der Waals surface area contributed by atoms with E-state index in [0.29, 0.717) is 5.13 Å². The van der Waals surface area contributed by atoms with Gasteiger partial charge in [-0.25, -0.2) is 9.78 Å². The van der Waals surface area contributed by atoms with Crippen LogP contribution in [0, 0.1) is 0 Å². The van der Waals surface area contributed by atoms with Gasteiger partial charge in [-0.2, -0.15) is 0 Å². The number of nitrogens with one attached hydrogen (secondary N) is 1. The quantitative estimate of drug-likeness (QED) is 0.618. The third kappa shape index (κ3) is 3.90. The summed E-state index contributed by atoms with van der Waals surface area (Å²) in [6.45, 7) is 4.58. The highest BCUT2D eigenvalue weighted by Gasteiger charge is 2.08. The molecule has 1 N–H and O–H groups in total. The molecule has 0 spiro atoms. The first-order valence-corrected chi connectivity index (χ1v) is 4.99. The molecule has 0 atom stereocenters. The summed E-state index contributed by atoms with van der Waals surface area (Å²) in [7, 11) is 0. The Balaban J connectivity index is 2.31. The normalized spacial score (nSPS) is 9.40. The van der Waals surface area contributed by atoms with E-state index in [4.69, 9.17) is 0 Å². The van der Waals surface area contributed by atoms with Crippen molar-refractivity contribution in [3.8, 4) is 0 Å². The fourth-order valence-electron chi connectivity index (χ4n) is 0.695. The molecule has 0 saturated heterocycles. The number of carbonyl (C=O) groups is 2. The molecule has 1 heterocycles. The van der Waals surface area contributed by atoms with E-state index < -0.39 is 11.9 Å². The number of ether oxygens (including phenoxy) is 1. The lowest BCUT2D eigenvalue weighted by atomic mass is 10.4. The maximum atomic E-state index is 11.2. The highest BCUT2D eigenvalue weighted by molar-refractivity contribution is 7.13. The number of rotatable bonds is 4. The van der Waals surface area contributed by atoms with Gasteiger partial charge in [0.1, 0.15) is 0 Å². The zero-order chi connectivity index (χ0) is 11.3. The van der Waals surface area contributed by atoms with Crippen molar-refractivity contribution in [2.45, 2.75) is 6.92 Å². The molecule has 0 fully saturated rings. The third-order valence-corrected chi connectivity index (χ3v) is 2.05. The van der Waals surface area contributed by atoms with Crippen LogP contribution in [-0.4, -0.2) is 23.5 Å². The van der Waals surface area contributed by atoms with Crippen molar-refractivity contribution in [3.05, 3.63) is 23.7 Å². The molecule has 0 unspecified atom stereocenters. The van der Waals surface area contributed by atoms with Gasteiger partial charge in [-0.15, -0.1) is 11.3 Å². The lowest BCUT2D eigenvalue weighted by molar-refractivity contribution is -0.143. The summed E-state index contributed by atoms with van der Waals surface area (Å²) in [5, 5.41) is 4.69. The van der Waals surface area contributed by atoms with Gasteiger partial charge in [-0.3, -0.25) is 10.1 Å². The van der Waals surface area contributed by atoms with Crippen LogP contribution in [0.5, 0.6) is 0 Å². The summed E-state index contributed by atoms with van der Waals surface area (Å²) >= 11 is 1.29. The van der Waals surface area contributed by atoms with Crippen LogP contribution < -0.4 is 5.32 Å². The van der Waals surface area contributed by atoms with Gasteiger partial charge in [0.15, 0.2) is 11.7 Å². The van der Waals surface area contributed by atoms with Crippen molar-refractivity contribution in [2.24, 2.45) is 0 Å². The summed E-state index contributed by atoms with van der Waals surface area (Å²) in [6, 6.07) is 0. The fraction of sp³-hybridized carbons (Fsp3) is 0.222. The van der Waals surface area contributed by atoms with Gasteiger partial charge in [-0.1, -0.05) is 6.58 Å². The number of hydrogen-bond acceptors (Lipinski definition) is 5. The molecule has 0 aromatic carbocycles. The number of thiazole rings is 1. The number of aromatic nitrogens is 1. The first-order chi connectivity index (χ1) is 7.09. The topological polar surface area (TPSA) is 68.3 Å². The lowest BCUT2D eigenvalue weighted by Crippen LogP contribution is -2.20. The first-order valence-electron chi connectivity index (χ1n) is 4.11. The number of anilines is 1. The van der Waals surface area contributed by atoms with E-state index in [1.807, 2.05) is 0 Å². The highest BCUT2D eigenvalue weighted by Crippen LogP contribution is 2.09. The standard InChI is InChI=1S/C9H10N2O3S/c1-6(2)8(13)14-5-7(12)11-9-10-3-4-15-9/h3-4H,1,5H2,2H3,(H,10,11,12). The number of amides is 1. The minimum absolute atomic E-state index is 0.261. The summed E-state index contributed by atoms with van der Waals surface area (Å²) in [6.07, 6.45) is 1.57. The second kappa shape index (κ2) is 5.26. The molecule has 15 heavy (non-hydrogen) atoms. The monoisotopic (exact) mass is 226 g/mol. The van der Waals surface area contributed by atoms with Gasteiger partial charge in [0.25, 0.3) is 5.91 Å². The van der Waals surface area contributed by atoms with Crippen molar-refractivity contribution in [2.75, 3.05) is 11.9 Å². The predicted molar refractivity (Wildman–Crippen MR) is 56.5 cm³/mol. The van der Waals surface area contributed by atoms with Gasteiger partial charge >= 0.3 is 5.97 Å². The van der Waals surface area contributed by atoms with Crippen molar-refractivity contribution in [3.63, 3.8) is 0 Å². The molecule has 6 heteroatoms. The zero-order valence-electron chi connectivity index (χ0n) is 8.15. The van der Waals surface area contributed by atoms with E-state index in [-0.39, 0.29) is 12.2 Å². The van der Waals surface area contributed by atoms with Gasteiger partial charge < -0.3 is 4.74 Å². The van der Waals surface area contributed by atoms with E-state index in [1.165, 1.54) is 18.3 Å². The van der Waals surface area contributed by atoms with Crippen LogP contribution in [0.1, 0.15) is 6.92 Å². The van der Waals surface area contributed by atoms with E-state index >= 15 is 0 Å². The molecule has 0 aliphatic carbocycles. The molecule has 80 valence electrons. The Kier molecular flexibility index (Phi) is 3.99. The Hall–Kier alpha value is -1.69. The third-order valence-electron chi connectivity index (χ3n) is 1.36. The SMILES string of the molecule is C=C(C)C(=O)OCC(=O)Nc1nccs1. The molecular weight excluding hydrogens is 216 g/mol. The Bertz CT molecular complexity index is 373. The Morgan fingerprint density at radius 1 is 1.67 bits per heavy atom. The van der Waals surface area contributed by atoms with E-state index in [1.54, 1.807) is 11.6 Å². The maximum Gasteiger partial charge on any atom is 0.333 e. The van der Waals surface area contributed by atoms with Gasteiger partial charge in [0, 0.05) is 17.2 Å². The van der Waals surface area contributed by atoms with Crippen molar-refractivity contribution >= 4 is 28.3 Å². The molecule has 1 rings (SSSR count). The highest BCUT2D eigenvalue weighted by atomic mass is 32.1. The average Bonchev–Trinajstić information content (AvgIpc) is 2.66. The van der Waals surface area contributed by atoms with Crippen LogP contribution in [0.3, 0.4) is 0 Å². The van der Waals surface area contributed by atoms with Crippen LogP contribution in [0.2, 0.25) is 0 Å². The van der Waals surface area contributed by atoms with Gasteiger partial charge in [0.2, 0.25) is 0 Å². The van der Waals surface area contributed by atoms with Crippen molar-refractivity contribution < 1.29 is 14.3 Å². The van der Waals surface area contributed by atoms with Crippen molar-refractivity contribution in [1.82, 2.24) is 4.98 Å². The van der Waals surface area contributed by atoms with Crippen molar-refractivity contribution in [1.29, 1.82) is 0 Å². The van der Waals surface area contributed by atoms with Crippen LogP contribution in [0.25, 0.3) is 0 Å². The molecule has 5 nitrogen and oxygen atoms in total. The largest absolute Gasteiger partial charge is 0.452 e. The molecule has 0 aliphatic heterocycles. The maximum absolute atomic E-state index is 11.2. The average molecular weight is 226 g/mol. The first kappa shape index (κ1) is 11.4. The molecule has 0 aliphatic rings. The van der Waals surface area contributed by atoms with Gasteiger partial charge in [0.05, 0.1) is 0 Å². The van der Waals surface area contributed by atoms with Gasteiger partial charge in [-0.05, 0) is 6.92 Å². The molecule has 1 aromatic heterocycles. The van der Waals surface area contributed by atoms with Crippen LogP contribution >= 0.6 is 11.3 Å². The minimum atomic E-state index is -0.579. The predicted octanol–water partition coefficient (Wildman–Crippen LogP) is 1.20. The number of hydrogen-bond donors (Lipinski definition) is 1.